The molecule has 0 spiro atoms. The lowest BCUT2D eigenvalue weighted by molar-refractivity contribution is -0.134. The average molecular weight is 430 g/mol. The molecule has 1 aliphatic heterocycles. The first kappa shape index (κ1) is 21.6. The molecule has 1 fully saturated rings. The number of amides is 4. The van der Waals surface area contributed by atoms with Gasteiger partial charge in [-0.15, -0.1) is 0 Å². The summed E-state index contributed by atoms with van der Waals surface area (Å²) in [6, 6.07) is 13.5. The molecular weight excluding hydrogens is 406 g/mol. The number of hydrogen-bond acceptors (Lipinski definition) is 4. The van der Waals surface area contributed by atoms with Crippen molar-refractivity contribution < 1.29 is 19.1 Å². The minimum Gasteiger partial charge on any atom is -0.496 e. The van der Waals surface area contributed by atoms with E-state index in [0.717, 1.165) is 16.0 Å². The van der Waals surface area contributed by atoms with E-state index < -0.39 is 23.4 Å². The molecule has 2 aromatic rings. The zero-order chi connectivity index (χ0) is 21.9. The average Bonchev–Trinajstić information content (AvgIpc) is 2.91. The Morgan fingerprint density at radius 3 is 2.67 bits per heavy atom. The van der Waals surface area contributed by atoms with Gasteiger partial charge >= 0.3 is 6.03 Å². The Morgan fingerprint density at radius 2 is 1.97 bits per heavy atom. The van der Waals surface area contributed by atoms with Gasteiger partial charge in [-0.05, 0) is 43.2 Å². The largest absolute Gasteiger partial charge is 0.496 e. The number of rotatable bonds is 7. The first-order valence-corrected chi connectivity index (χ1v) is 9.92. The van der Waals surface area contributed by atoms with Gasteiger partial charge in [0.25, 0.3) is 5.91 Å². The van der Waals surface area contributed by atoms with Gasteiger partial charge in [-0.3, -0.25) is 14.5 Å². The fourth-order valence-electron chi connectivity index (χ4n) is 3.53. The number of methoxy groups -OCH3 is 1. The standard InChI is InChI=1S/C22H24ClN3O4/c1-14(15-8-6-9-17(23)11-15)24-19(27)13-26-20(28)22(2,25-21(26)29)12-16-7-4-5-10-18(16)30-3/h4-11,14H,12-13H2,1-3H3,(H,24,27)(H,25,29)/t14-,22-/m1/s1. The molecule has 7 nitrogen and oxygen atoms in total. The number of halogens is 1. The topological polar surface area (TPSA) is 87.7 Å². The molecule has 0 bridgehead atoms. The van der Waals surface area contributed by atoms with Gasteiger partial charge in [0.15, 0.2) is 0 Å². The van der Waals surface area contributed by atoms with Gasteiger partial charge < -0.3 is 15.4 Å². The summed E-state index contributed by atoms with van der Waals surface area (Å²) in [4.78, 5) is 38.9. The third-order valence-electron chi connectivity index (χ3n) is 5.11. The number of carbonyl (C=O) groups is 3. The smallest absolute Gasteiger partial charge is 0.325 e. The van der Waals surface area contributed by atoms with Crippen LogP contribution in [0.2, 0.25) is 5.02 Å². The highest BCUT2D eigenvalue weighted by Gasteiger charge is 2.48. The van der Waals surface area contributed by atoms with Gasteiger partial charge in [0.2, 0.25) is 5.91 Å². The number of imide groups is 1. The van der Waals surface area contributed by atoms with E-state index in [1.807, 2.05) is 24.3 Å². The Hall–Kier alpha value is -3.06. The summed E-state index contributed by atoms with van der Waals surface area (Å²) in [6.07, 6.45) is 0.249. The second-order valence-electron chi connectivity index (χ2n) is 7.49. The Balaban J connectivity index is 1.67. The van der Waals surface area contributed by atoms with E-state index in [0.29, 0.717) is 10.8 Å². The second kappa shape index (κ2) is 8.75. The predicted octanol–water partition coefficient (Wildman–Crippen LogP) is 3.08. The van der Waals surface area contributed by atoms with E-state index in [-0.39, 0.29) is 19.0 Å². The van der Waals surface area contributed by atoms with Crippen molar-refractivity contribution in [1.82, 2.24) is 15.5 Å². The number of nitrogens with one attached hydrogen (secondary N) is 2. The molecule has 2 aromatic carbocycles. The summed E-state index contributed by atoms with van der Waals surface area (Å²) in [5, 5.41) is 6.07. The fourth-order valence-corrected chi connectivity index (χ4v) is 3.73. The minimum absolute atomic E-state index is 0.249. The Kier molecular flexibility index (Phi) is 6.31. The molecule has 4 amide bonds. The molecule has 0 unspecified atom stereocenters. The first-order chi connectivity index (χ1) is 14.2. The van der Waals surface area contributed by atoms with E-state index in [1.54, 1.807) is 45.2 Å². The monoisotopic (exact) mass is 429 g/mol. The van der Waals surface area contributed by atoms with E-state index in [9.17, 15) is 14.4 Å². The lowest BCUT2D eigenvalue weighted by Crippen LogP contribution is -2.47. The van der Waals surface area contributed by atoms with Crippen molar-refractivity contribution in [3.8, 4) is 5.75 Å². The molecular formula is C22H24ClN3O4. The third kappa shape index (κ3) is 4.57. The molecule has 0 aliphatic carbocycles. The summed E-state index contributed by atoms with van der Waals surface area (Å²) >= 11 is 5.99. The molecule has 158 valence electrons. The van der Waals surface area contributed by atoms with Crippen molar-refractivity contribution in [2.45, 2.75) is 31.8 Å². The molecule has 0 saturated carbocycles. The van der Waals surface area contributed by atoms with Crippen molar-refractivity contribution in [1.29, 1.82) is 0 Å². The van der Waals surface area contributed by atoms with Crippen LogP contribution in [0, 0.1) is 0 Å². The summed E-state index contributed by atoms with van der Waals surface area (Å²) in [7, 11) is 1.55. The van der Waals surface area contributed by atoms with Crippen molar-refractivity contribution in [3.63, 3.8) is 0 Å². The molecule has 30 heavy (non-hydrogen) atoms. The lowest BCUT2D eigenvalue weighted by atomic mass is 9.92. The quantitative estimate of drug-likeness (QED) is 0.662. The number of ether oxygens (including phenoxy) is 1. The van der Waals surface area contributed by atoms with Crippen LogP contribution >= 0.6 is 11.6 Å². The number of benzene rings is 2. The summed E-state index contributed by atoms with van der Waals surface area (Å²) in [6.45, 7) is 3.09. The lowest BCUT2D eigenvalue weighted by Gasteiger charge is -2.23. The number of nitrogens with zero attached hydrogens (tertiary/aromatic N) is 1. The van der Waals surface area contributed by atoms with Crippen LogP contribution < -0.4 is 15.4 Å². The summed E-state index contributed by atoms with van der Waals surface area (Å²) in [5.74, 6) is -0.260. The van der Waals surface area contributed by atoms with Crippen molar-refractivity contribution >= 4 is 29.4 Å². The predicted molar refractivity (Wildman–Crippen MR) is 113 cm³/mol. The SMILES string of the molecule is COc1ccccc1C[C@@]1(C)NC(=O)N(CC(=O)N[C@H](C)c2cccc(Cl)c2)C1=O. The molecule has 1 aliphatic rings. The highest BCUT2D eigenvalue weighted by Crippen LogP contribution is 2.27. The van der Waals surface area contributed by atoms with Crippen LogP contribution in [-0.2, 0) is 16.0 Å². The zero-order valence-electron chi connectivity index (χ0n) is 17.1. The van der Waals surface area contributed by atoms with E-state index in [4.69, 9.17) is 16.3 Å². The Morgan fingerprint density at radius 1 is 1.23 bits per heavy atom. The number of carbonyl (C=O) groups excluding carboxylic acids is 3. The Labute approximate surface area is 180 Å². The maximum absolute atomic E-state index is 13.0. The minimum atomic E-state index is -1.16. The van der Waals surface area contributed by atoms with Crippen LogP contribution in [0.3, 0.4) is 0 Å². The van der Waals surface area contributed by atoms with Crippen molar-refractivity contribution in [3.05, 3.63) is 64.7 Å². The second-order valence-corrected chi connectivity index (χ2v) is 7.92. The maximum atomic E-state index is 13.0. The summed E-state index contributed by atoms with van der Waals surface area (Å²) < 4.78 is 5.34. The number of para-hydroxylation sites is 1. The normalized spacial score (nSPS) is 19.4. The summed E-state index contributed by atoms with van der Waals surface area (Å²) in [5.41, 5.74) is 0.455. The molecule has 3 rings (SSSR count). The highest BCUT2D eigenvalue weighted by molar-refractivity contribution is 6.30. The van der Waals surface area contributed by atoms with Gasteiger partial charge in [-0.2, -0.15) is 0 Å². The van der Waals surface area contributed by atoms with Crippen LogP contribution in [0.15, 0.2) is 48.5 Å². The fraction of sp³-hybridized carbons (Fsp3) is 0.318. The maximum Gasteiger partial charge on any atom is 0.325 e. The van der Waals surface area contributed by atoms with Crippen LogP contribution in [0.5, 0.6) is 5.75 Å². The first-order valence-electron chi connectivity index (χ1n) is 9.54. The van der Waals surface area contributed by atoms with Crippen LogP contribution in [0.4, 0.5) is 4.79 Å². The van der Waals surface area contributed by atoms with Crippen LogP contribution in [0.25, 0.3) is 0 Å². The Bertz CT molecular complexity index is 980. The zero-order valence-corrected chi connectivity index (χ0v) is 17.8. The van der Waals surface area contributed by atoms with Crippen LogP contribution in [0.1, 0.15) is 31.0 Å². The van der Waals surface area contributed by atoms with Crippen molar-refractivity contribution in [2.24, 2.45) is 0 Å². The van der Waals surface area contributed by atoms with E-state index >= 15 is 0 Å². The molecule has 2 atom stereocenters. The van der Waals surface area contributed by atoms with E-state index in [1.165, 1.54) is 0 Å². The molecule has 2 N–H and O–H groups in total. The molecule has 0 radical (unpaired) electrons. The van der Waals surface area contributed by atoms with Gasteiger partial charge in [-0.1, -0.05) is 41.9 Å². The molecule has 1 heterocycles. The number of urea groups is 1. The van der Waals surface area contributed by atoms with Gasteiger partial charge in [-0.25, -0.2) is 4.79 Å². The molecule has 0 aromatic heterocycles. The van der Waals surface area contributed by atoms with Crippen LogP contribution in [-0.4, -0.2) is 41.9 Å². The molecule has 8 heteroatoms. The molecule has 1 saturated heterocycles. The van der Waals surface area contributed by atoms with Gasteiger partial charge in [0, 0.05) is 11.4 Å². The van der Waals surface area contributed by atoms with E-state index in [2.05, 4.69) is 10.6 Å². The van der Waals surface area contributed by atoms with Gasteiger partial charge in [0.05, 0.1) is 13.2 Å². The van der Waals surface area contributed by atoms with Crippen molar-refractivity contribution in [2.75, 3.05) is 13.7 Å². The highest BCUT2D eigenvalue weighted by atomic mass is 35.5. The number of hydrogen-bond donors (Lipinski definition) is 2. The third-order valence-corrected chi connectivity index (χ3v) is 5.34. The van der Waals surface area contributed by atoms with Gasteiger partial charge in [0.1, 0.15) is 17.8 Å².